The van der Waals surface area contributed by atoms with Crippen molar-refractivity contribution in [3.63, 3.8) is 0 Å². The number of methoxy groups -OCH3 is 4. The van der Waals surface area contributed by atoms with Gasteiger partial charge in [-0.2, -0.15) is 0 Å². The van der Waals surface area contributed by atoms with E-state index in [1.807, 2.05) is 42.5 Å². The Morgan fingerprint density at radius 2 is 1.52 bits per heavy atom. The molecule has 0 aliphatic carbocycles. The zero-order valence-corrected chi connectivity index (χ0v) is 23.6. The van der Waals surface area contributed by atoms with Crippen molar-refractivity contribution in [2.75, 3.05) is 41.6 Å². The minimum atomic E-state index is -0.204. The number of ether oxygens (including phenoxy) is 5. The number of hydrogen-bond donors (Lipinski definition) is 1. The molecule has 1 amide bonds. The molecule has 9 nitrogen and oxygen atoms in total. The fourth-order valence-electron chi connectivity index (χ4n) is 4.56. The van der Waals surface area contributed by atoms with Crippen LogP contribution in [0.15, 0.2) is 60.7 Å². The Morgan fingerprint density at radius 1 is 0.825 bits per heavy atom. The van der Waals surface area contributed by atoms with E-state index in [1.165, 1.54) is 21.3 Å². The summed E-state index contributed by atoms with van der Waals surface area (Å²) >= 11 is 0. The average molecular weight is 548 g/mol. The van der Waals surface area contributed by atoms with Crippen molar-refractivity contribution in [3.05, 3.63) is 72.1 Å². The van der Waals surface area contributed by atoms with Crippen LogP contribution in [0.2, 0.25) is 0 Å². The van der Waals surface area contributed by atoms with Gasteiger partial charge in [-0.15, -0.1) is 0 Å². The van der Waals surface area contributed by atoms with Gasteiger partial charge in [0.05, 0.1) is 46.1 Å². The highest BCUT2D eigenvalue weighted by molar-refractivity contribution is 5.95. The molecule has 0 radical (unpaired) electrons. The average Bonchev–Trinajstić information content (AvgIpc) is 3.35. The first-order chi connectivity index (χ1) is 19.6. The van der Waals surface area contributed by atoms with Crippen molar-refractivity contribution in [2.45, 2.75) is 32.2 Å². The van der Waals surface area contributed by atoms with Gasteiger partial charge in [0.25, 0.3) is 5.91 Å². The van der Waals surface area contributed by atoms with E-state index in [4.69, 9.17) is 28.7 Å². The fraction of sp³-hybridized carbons (Fsp3) is 0.355. The summed E-state index contributed by atoms with van der Waals surface area (Å²) in [7, 11) is 6.24. The van der Waals surface area contributed by atoms with Gasteiger partial charge >= 0.3 is 0 Å². The predicted octanol–water partition coefficient (Wildman–Crippen LogP) is 5.29. The molecule has 0 saturated carbocycles. The Kier molecular flexibility index (Phi) is 10.1. The van der Waals surface area contributed by atoms with E-state index in [1.54, 1.807) is 19.2 Å². The van der Waals surface area contributed by atoms with E-state index >= 15 is 0 Å². The van der Waals surface area contributed by atoms with Gasteiger partial charge in [0.2, 0.25) is 5.75 Å². The van der Waals surface area contributed by atoms with E-state index in [2.05, 4.69) is 16.0 Å². The molecular formula is C31H37N3O6. The van der Waals surface area contributed by atoms with E-state index in [0.29, 0.717) is 36.0 Å². The smallest absolute Gasteiger partial charge is 0.251 e. The number of aromatic nitrogens is 2. The Labute approximate surface area is 235 Å². The lowest BCUT2D eigenvalue weighted by atomic mass is 10.1. The highest BCUT2D eigenvalue weighted by Gasteiger charge is 2.17. The van der Waals surface area contributed by atoms with Crippen molar-refractivity contribution >= 4 is 16.9 Å². The molecule has 0 aliphatic rings. The minimum absolute atomic E-state index is 0.204. The number of imidazole rings is 1. The van der Waals surface area contributed by atoms with Crippen LogP contribution < -0.4 is 29.0 Å². The Balaban J connectivity index is 1.31. The van der Waals surface area contributed by atoms with Gasteiger partial charge in [0, 0.05) is 25.1 Å². The molecule has 4 rings (SSSR count). The number of nitrogens with zero attached hydrogens (tertiary/aromatic N) is 2. The number of unbranched alkanes of at least 4 members (excludes halogenated alkanes) is 1. The van der Waals surface area contributed by atoms with Crippen LogP contribution in [0, 0.1) is 0 Å². The third kappa shape index (κ3) is 6.97. The van der Waals surface area contributed by atoms with Crippen LogP contribution in [0.5, 0.6) is 28.7 Å². The number of amides is 1. The summed E-state index contributed by atoms with van der Waals surface area (Å²) in [6.07, 6.45) is 3.37. The van der Waals surface area contributed by atoms with E-state index in [-0.39, 0.29) is 5.91 Å². The van der Waals surface area contributed by atoms with Crippen LogP contribution in [-0.2, 0) is 13.0 Å². The fourth-order valence-corrected chi connectivity index (χ4v) is 4.56. The second-order valence-corrected chi connectivity index (χ2v) is 9.17. The third-order valence-electron chi connectivity index (χ3n) is 6.63. The SMILES string of the molecule is COc1ccc(OCCCCn2c(CCCNC(=O)c3cc(OC)c(OC)c(OC)c3)nc3ccccc32)cc1. The number of benzene rings is 3. The first-order valence-electron chi connectivity index (χ1n) is 13.4. The molecule has 9 heteroatoms. The van der Waals surface area contributed by atoms with Crippen LogP contribution in [0.3, 0.4) is 0 Å². The third-order valence-corrected chi connectivity index (χ3v) is 6.63. The molecule has 0 unspecified atom stereocenters. The quantitative estimate of drug-likeness (QED) is 0.202. The zero-order chi connectivity index (χ0) is 28.3. The van der Waals surface area contributed by atoms with E-state index < -0.39 is 0 Å². The molecule has 1 aromatic heterocycles. The number of carbonyl (C=O) groups excluding carboxylic acids is 1. The summed E-state index contributed by atoms with van der Waals surface area (Å²) in [5, 5.41) is 2.99. The van der Waals surface area contributed by atoms with Crippen molar-refractivity contribution in [1.82, 2.24) is 14.9 Å². The van der Waals surface area contributed by atoms with Gasteiger partial charge in [0.15, 0.2) is 11.5 Å². The second kappa shape index (κ2) is 14.1. The highest BCUT2D eigenvalue weighted by atomic mass is 16.5. The molecule has 3 aromatic carbocycles. The first-order valence-corrected chi connectivity index (χ1v) is 13.4. The molecule has 212 valence electrons. The Morgan fingerprint density at radius 3 is 2.20 bits per heavy atom. The number of rotatable bonds is 15. The van der Waals surface area contributed by atoms with Gasteiger partial charge in [0.1, 0.15) is 17.3 Å². The van der Waals surface area contributed by atoms with E-state index in [0.717, 1.165) is 60.6 Å². The molecule has 1 heterocycles. The van der Waals surface area contributed by atoms with Crippen molar-refractivity contribution in [1.29, 1.82) is 0 Å². The monoisotopic (exact) mass is 547 g/mol. The molecule has 0 fully saturated rings. The minimum Gasteiger partial charge on any atom is -0.497 e. The molecule has 0 spiro atoms. The molecule has 4 aromatic rings. The lowest BCUT2D eigenvalue weighted by Crippen LogP contribution is -2.25. The summed E-state index contributed by atoms with van der Waals surface area (Å²) in [6, 6.07) is 19.1. The first kappa shape index (κ1) is 28.6. The predicted molar refractivity (Wildman–Crippen MR) is 154 cm³/mol. The number of aryl methyl sites for hydroxylation is 2. The number of fused-ring (bicyclic) bond motifs is 1. The molecule has 0 saturated heterocycles. The highest BCUT2D eigenvalue weighted by Crippen LogP contribution is 2.38. The van der Waals surface area contributed by atoms with Crippen LogP contribution in [-0.4, -0.2) is 57.0 Å². The standard InChI is InChI=1S/C31H37N3O6/c1-36-23-13-15-24(16-14-23)40-19-8-7-18-34-26-11-6-5-10-25(26)33-29(34)12-9-17-32-31(35)22-20-27(37-2)30(39-4)28(21-22)38-3/h5-6,10-11,13-16,20-21H,7-9,12,17-19H2,1-4H3,(H,32,35). The largest absolute Gasteiger partial charge is 0.497 e. The van der Waals surface area contributed by atoms with Gasteiger partial charge in [-0.1, -0.05) is 12.1 Å². The normalized spacial score (nSPS) is 10.8. The summed E-state index contributed by atoms with van der Waals surface area (Å²) in [5.41, 5.74) is 2.54. The van der Waals surface area contributed by atoms with Crippen molar-refractivity contribution in [3.8, 4) is 28.7 Å². The molecule has 0 atom stereocenters. The number of nitrogens with one attached hydrogen (secondary N) is 1. The topological polar surface area (TPSA) is 93.1 Å². The maximum Gasteiger partial charge on any atom is 0.251 e. The number of para-hydroxylation sites is 2. The Hall–Kier alpha value is -4.40. The van der Waals surface area contributed by atoms with Crippen LogP contribution in [0.25, 0.3) is 11.0 Å². The maximum atomic E-state index is 12.8. The van der Waals surface area contributed by atoms with Gasteiger partial charge in [-0.3, -0.25) is 4.79 Å². The second-order valence-electron chi connectivity index (χ2n) is 9.17. The van der Waals surface area contributed by atoms with Gasteiger partial charge < -0.3 is 33.6 Å². The lowest BCUT2D eigenvalue weighted by Gasteiger charge is -2.14. The van der Waals surface area contributed by atoms with E-state index in [9.17, 15) is 4.79 Å². The van der Waals surface area contributed by atoms with Crippen molar-refractivity contribution in [2.24, 2.45) is 0 Å². The van der Waals surface area contributed by atoms with Crippen molar-refractivity contribution < 1.29 is 28.5 Å². The molecule has 40 heavy (non-hydrogen) atoms. The summed E-state index contributed by atoms with van der Waals surface area (Å²) in [4.78, 5) is 17.7. The molecular weight excluding hydrogens is 510 g/mol. The van der Waals surface area contributed by atoms with Crippen LogP contribution in [0.1, 0.15) is 35.4 Å². The van der Waals surface area contributed by atoms with Crippen LogP contribution in [0.4, 0.5) is 0 Å². The zero-order valence-electron chi connectivity index (χ0n) is 23.6. The summed E-state index contributed by atoms with van der Waals surface area (Å²) in [6.45, 7) is 2.00. The van der Waals surface area contributed by atoms with Crippen LogP contribution >= 0.6 is 0 Å². The maximum absolute atomic E-state index is 12.8. The Bertz CT molecular complexity index is 1380. The number of hydrogen-bond acceptors (Lipinski definition) is 7. The molecule has 0 aliphatic heterocycles. The molecule has 0 bridgehead atoms. The number of carbonyl (C=O) groups is 1. The summed E-state index contributed by atoms with van der Waals surface area (Å²) < 4.78 is 29.4. The lowest BCUT2D eigenvalue weighted by molar-refractivity contribution is 0.0952. The summed E-state index contributed by atoms with van der Waals surface area (Å²) in [5.74, 6) is 3.79. The van der Waals surface area contributed by atoms with Gasteiger partial charge in [-0.05, 0) is 67.8 Å². The van der Waals surface area contributed by atoms with Gasteiger partial charge in [-0.25, -0.2) is 4.98 Å². The molecule has 1 N–H and O–H groups in total.